The van der Waals surface area contributed by atoms with E-state index in [1.54, 1.807) is 0 Å². The van der Waals surface area contributed by atoms with Gasteiger partial charge in [0.05, 0.1) is 0 Å². The van der Waals surface area contributed by atoms with Crippen LogP contribution in [0, 0.1) is 23.7 Å². The minimum atomic E-state index is -1.07. The summed E-state index contributed by atoms with van der Waals surface area (Å²) in [4.78, 5) is 23.1. The van der Waals surface area contributed by atoms with Crippen molar-refractivity contribution in [2.24, 2.45) is 23.7 Å². The van der Waals surface area contributed by atoms with E-state index in [0.29, 0.717) is 18.4 Å². The van der Waals surface area contributed by atoms with E-state index in [1.165, 1.54) is 0 Å². The molecule has 2 aliphatic carbocycles. The third-order valence-electron chi connectivity index (χ3n) is 5.56. The topological polar surface area (TPSA) is 63.6 Å². The number of carbonyl (C=O) groups is 2. The molecule has 0 aromatic carbocycles. The number of hydrogen-bond acceptors (Lipinski definition) is 4. The first kappa shape index (κ1) is 12.9. The van der Waals surface area contributed by atoms with E-state index in [-0.39, 0.29) is 29.6 Å². The van der Waals surface area contributed by atoms with Gasteiger partial charge < -0.3 is 14.6 Å². The average molecular weight is 264 g/mol. The molecule has 3 rings (SSSR count). The largest absolute Gasteiger partial charge is 0.455 e. The molecule has 3 fully saturated rings. The van der Waals surface area contributed by atoms with E-state index in [2.05, 4.69) is 6.58 Å². The fourth-order valence-corrected chi connectivity index (χ4v) is 4.39. The van der Waals surface area contributed by atoms with Crippen molar-refractivity contribution in [3.05, 3.63) is 12.2 Å². The molecule has 0 unspecified atom stereocenters. The van der Waals surface area contributed by atoms with Crippen LogP contribution in [0.2, 0.25) is 0 Å². The molecule has 4 nitrogen and oxygen atoms in total. The Morgan fingerprint density at radius 3 is 2.79 bits per heavy atom. The first-order chi connectivity index (χ1) is 9.00. The maximum atomic E-state index is 11.7. The molecule has 2 saturated carbocycles. The van der Waals surface area contributed by atoms with Gasteiger partial charge in [-0.15, -0.1) is 0 Å². The highest BCUT2D eigenvalue weighted by Crippen LogP contribution is 2.54. The summed E-state index contributed by atoms with van der Waals surface area (Å²) >= 11 is 0. The van der Waals surface area contributed by atoms with Gasteiger partial charge in [-0.1, -0.05) is 13.5 Å². The zero-order chi connectivity index (χ0) is 13.8. The van der Waals surface area contributed by atoms with Gasteiger partial charge in [0.25, 0.3) is 0 Å². The first-order valence-electron chi connectivity index (χ1n) is 7.07. The Morgan fingerprint density at radius 1 is 1.37 bits per heavy atom. The van der Waals surface area contributed by atoms with Gasteiger partial charge in [0.1, 0.15) is 18.0 Å². The number of esters is 1. The molecule has 0 radical (unpaired) electrons. The van der Waals surface area contributed by atoms with Crippen LogP contribution in [0.4, 0.5) is 0 Å². The fourth-order valence-electron chi connectivity index (χ4n) is 4.39. The molecule has 1 saturated heterocycles. The second kappa shape index (κ2) is 4.17. The summed E-state index contributed by atoms with van der Waals surface area (Å²) in [5.41, 5.74) is -0.607. The molecule has 19 heavy (non-hydrogen) atoms. The van der Waals surface area contributed by atoms with Gasteiger partial charge in [-0.3, -0.25) is 0 Å². The van der Waals surface area contributed by atoms with Gasteiger partial charge >= 0.3 is 5.97 Å². The summed E-state index contributed by atoms with van der Waals surface area (Å²) in [7, 11) is 0. The Hall–Kier alpha value is -1.16. The molecule has 1 heterocycles. The minimum absolute atomic E-state index is 0.0456. The maximum absolute atomic E-state index is 11.7. The molecule has 0 spiro atoms. The molecule has 104 valence electrons. The lowest BCUT2D eigenvalue weighted by Crippen LogP contribution is -2.52. The first-order valence-corrected chi connectivity index (χ1v) is 7.07. The molecule has 0 aromatic rings. The van der Waals surface area contributed by atoms with Crippen LogP contribution in [0.1, 0.15) is 32.6 Å². The standard InChI is InChI=1S/C15H20O4/c1-8-3-6-12-10(7-16)4-5-11-9(2)14(17)19-13(11)15(8,12)18/h7-8,10-13,18H,2-6H2,1H3/t8-,10-,11-,12+,13-,15-/m0/s1. The van der Waals surface area contributed by atoms with Crippen LogP contribution in [0.3, 0.4) is 0 Å². The van der Waals surface area contributed by atoms with Crippen LogP contribution in [0.5, 0.6) is 0 Å². The van der Waals surface area contributed by atoms with Crippen molar-refractivity contribution in [2.45, 2.75) is 44.3 Å². The molecule has 6 atom stereocenters. The van der Waals surface area contributed by atoms with Crippen molar-refractivity contribution < 1.29 is 19.4 Å². The average Bonchev–Trinajstić information content (AvgIpc) is 2.79. The highest BCUT2D eigenvalue weighted by Gasteiger charge is 2.62. The van der Waals surface area contributed by atoms with Crippen molar-refractivity contribution in [3.63, 3.8) is 0 Å². The number of aliphatic hydroxyl groups is 1. The van der Waals surface area contributed by atoms with Gasteiger partial charge in [-0.25, -0.2) is 4.79 Å². The van der Waals surface area contributed by atoms with Gasteiger partial charge in [0.2, 0.25) is 0 Å². The lowest BCUT2D eigenvalue weighted by Gasteiger charge is -2.39. The van der Waals surface area contributed by atoms with Crippen LogP contribution >= 0.6 is 0 Å². The van der Waals surface area contributed by atoms with Crippen LogP contribution in [0.15, 0.2) is 12.2 Å². The van der Waals surface area contributed by atoms with Crippen LogP contribution in [0.25, 0.3) is 0 Å². The normalized spacial score (nSPS) is 49.3. The molecule has 0 aromatic heterocycles. The lowest BCUT2D eigenvalue weighted by molar-refractivity contribution is -0.168. The van der Waals surface area contributed by atoms with Gasteiger partial charge in [-0.2, -0.15) is 0 Å². The summed E-state index contributed by atoms with van der Waals surface area (Å²) in [5.74, 6) is -0.693. The Morgan fingerprint density at radius 2 is 2.11 bits per heavy atom. The van der Waals surface area contributed by atoms with E-state index in [0.717, 1.165) is 19.1 Å². The number of ether oxygens (including phenoxy) is 1. The van der Waals surface area contributed by atoms with Crippen molar-refractivity contribution in [1.29, 1.82) is 0 Å². The highest BCUT2D eigenvalue weighted by molar-refractivity contribution is 5.91. The zero-order valence-corrected chi connectivity index (χ0v) is 11.2. The van der Waals surface area contributed by atoms with E-state index >= 15 is 0 Å². The predicted molar refractivity (Wildman–Crippen MR) is 68.1 cm³/mol. The van der Waals surface area contributed by atoms with E-state index < -0.39 is 11.7 Å². The Balaban J connectivity index is 2.05. The monoisotopic (exact) mass is 264 g/mol. The summed E-state index contributed by atoms with van der Waals surface area (Å²) in [6, 6.07) is 0. The molecular weight excluding hydrogens is 244 g/mol. The van der Waals surface area contributed by atoms with Crippen molar-refractivity contribution >= 4 is 12.3 Å². The fraction of sp³-hybridized carbons (Fsp3) is 0.733. The summed E-state index contributed by atoms with van der Waals surface area (Å²) in [5, 5.41) is 11.2. The molecule has 1 aliphatic heterocycles. The summed E-state index contributed by atoms with van der Waals surface area (Å²) < 4.78 is 5.43. The molecular formula is C15H20O4. The molecule has 1 N–H and O–H groups in total. The lowest BCUT2D eigenvalue weighted by atomic mass is 9.73. The second-order valence-electron chi connectivity index (χ2n) is 6.31. The number of carbonyl (C=O) groups excluding carboxylic acids is 2. The predicted octanol–water partition coefficient (Wildman–Crippen LogP) is 1.47. The van der Waals surface area contributed by atoms with Crippen molar-refractivity contribution in [1.82, 2.24) is 0 Å². The van der Waals surface area contributed by atoms with Crippen molar-refractivity contribution in [2.75, 3.05) is 0 Å². The van der Waals surface area contributed by atoms with Gasteiger partial charge in [0, 0.05) is 23.3 Å². The quantitative estimate of drug-likeness (QED) is 0.442. The minimum Gasteiger partial charge on any atom is -0.455 e. The number of rotatable bonds is 1. The maximum Gasteiger partial charge on any atom is 0.334 e. The van der Waals surface area contributed by atoms with Crippen molar-refractivity contribution in [3.8, 4) is 0 Å². The van der Waals surface area contributed by atoms with E-state index in [4.69, 9.17) is 4.74 Å². The molecule has 0 bridgehead atoms. The SMILES string of the molecule is C=C1C(=O)O[C@H]2[C@H]1CC[C@@H](C=O)[C@H]1CC[C@H](C)[C@]12O. The van der Waals surface area contributed by atoms with Crippen LogP contribution in [-0.2, 0) is 14.3 Å². The summed E-state index contributed by atoms with van der Waals surface area (Å²) in [6.07, 6.45) is 3.57. The Kier molecular flexibility index (Phi) is 2.82. The Labute approximate surface area is 112 Å². The van der Waals surface area contributed by atoms with Crippen LogP contribution < -0.4 is 0 Å². The third kappa shape index (κ3) is 1.55. The number of aldehydes is 1. The van der Waals surface area contributed by atoms with Gasteiger partial charge in [0.15, 0.2) is 0 Å². The molecule has 0 amide bonds. The third-order valence-corrected chi connectivity index (χ3v) is 5.56. The smallest absolute Gasteiger partial charge is 0.334 e. The van der Waals surface area contributed by atoms with Crippen LogP contribution in [-0.4, -0.2) is 29.1 Å². The van der Waals surface area contributed by atoms with E-state index in [9.17, 15) is 14.7 Å². The Bertz CT molecular complexity index is 443. The highest BCUT2D eigenvalue weighted by atomic mass is 16.6. The molecule has 4 heteroatoms. The second-order valence-corrected chi connectivity index (χ2v) is 6.31. The van der Waals surface area contributed by atoms with E-state index in [1.807, 2.05) is 6.92 Å². The van der Waals surface area contributed by atoms with Gasteiger partial charge in [-0.05, 0) is 31.6 Å². The molecule has 3 aliphatic rings. The number of fused-ring (bicyclic) bond motifs is 3. The number of hydrogen-bond donors (Lipinski definition) is 1. The summed E-state index contributed by atoms with van der Waals surface area (Å²) in [6.45, 7) is 5.79. The zero-order valence-electron chi connectivity index (χ0n) is 11.2.